The number of amides is 1. The molecule has 0 spiro atoms. The standard InChI is InChI=1S/C14H20N2O3/c15-9-10-4-2-1-3-7-16(10)14(19)12-8-11(17)5-6-13(12)18/h5-6,8,10,17-18H,1-4,7,9,15H2. The van der Waals surface area contributed by atoms with Crippen LogP contribution in [0.2, 0.25) is 0 Å². The minimum atomic E-state index is -0.259. The molecule has 5 nitrogen and oxygen atoms in total. The van der Waals surface area contributed by atoms with Crippen LogP contribution in [0.3, 0.4) is 0 Å². The number of benzene rings is 1. The Labute approximate surface area is 112 Å². The maximum Gasteiger partial charge on any atom is 0.258 e. The molecule has 1 fully saturated rings. The molecule has 1 atom stereocenters. The van der Waals surface area contributed by atoms with Gasteiger partial charge in [-0.2, -0.15) is 0 Å². The highest BCUT2D eigenvalue weighted by Crippen LogP contribution is 2.26. The molecule has 5 heteroatoms. The van der Waals surface area contributed by atoms with E-state index in [-0.39, 0.29) is 29.0 Å². The van der Waals surface area contributed by atoms with E-state index in [0.29, 0.717) is 13.1 Å². The lowest BCUT2D eigenvalue weighted by molar-refractivity contribution is 0.0685. The fourth-order valence-corrected chi connectivity index (χ4v) is 2.54. The first kappa shape index (κ1) is 13.7. The zero-order chi connectivity index (χ0) is 13.8. The normalized spacial score (nSPS) is 20.1. The maximum absolute atomic E-state index is 12.5. The second-order valence-corrected chi connectivity index (χ2v) is 4.94. The quantitative estimate of drug-likeness (QED) is 0.705. The monoisotopic (exact) mass is 264 g/mol. The molecule has 0 radical (unpaired) electrons. The van der Waals surface area contributed by atoms with E-state index in [1.807, 2.05) is 0 Å². The van der Waals surface area contributed by atoms with Crippen molar-refractivity contribution in [2.45, 2.75) is 31.7 Å². The van der Waals surface area contributed by atoms with Crippen LogP contribution in [0, 0.1) is 0 Å². The molecule has 0 aliphatic carbocycles. The molecule has 4 N–H and O–H groups in total. The van der Waals surface area contributed by atoms with E-state index in [4.69, 9.17) is 5.73 Å². The van der Waals surface area contributed by atoms with Crippen molar-refractivity contribution < 1.29 is 15.0 Å². The number of carbonyl (C=O) groups excluding carboxylic acids is 1. The average molecular weight is 264 g/mol. The number of aromatic hydroxyl groups is 2. The van der Waals surface area contributed by atoms with Gasteiger partial charge in [-0.25, -0.2) is 0 Å². The minimum Gasteiger partial charge on any atom is -0.508 e. The summed E-state index contributed by atoms with van der Waals surface area (Å²) < 4.78 is 0. The van der Waals surface area contributed by atoms with E-state index in [2.05, 4.69) is 0 Å². The second-order valence-electron chi connectivity index (χ2n) is 4.94. The minimum absolute atomic E-state index is 0.0109. The average Bonchev–Trinajstić information content (AvgIpc) is 2.65. The third-order valence-electron chi connectivity index (χ3n) is 3.62. The van der Waals surface area contributed by atoms with E-state index in [0.717, 1.165) is 25.7 Å². The van der Waals surface area contributed by atoms with Gasteiger partial charge in [-0.3, -0.25) is 4.79 Å². The van der Waals surface area contributed by atoms with Gasteiger partial charge in [0.2, 0.25) is 0 Å². The molecular weight excluding hydrogens is 244 g/mol. The number of rotatable bonds is 2. The molecule has 2 rings (SSSR count). The SMILES string of the molecule is NCC1CCCCCN1C(=O)c1cc(O)ccc1O. The molecule has 104 valence electrons. The number of phenols is 2. The molecule has 1 unspecified atom stereocenters. The zero-order valence-corrected chi connectivity index (χ0v) is 10.9. The van der Waals surface area contributed by atoms with Crippen LogP contribution < -0.4 is 5.73 Å². The van der Waals surface area contributed by atoms with Crippen LogP contribution in [0.4, 0.5) is 0 Å². The van der Waals surface area contributed by atoms with Crippen LogP contribution >= 0.6 is 0 Å². The van der Waals surface area contributed by atoms with Gasteiger partial charge in [0.15, 0.2) is 0 Å². The van der Waals surface area contributed by atoms with Crippen molar-refractivity contribution in [1.82, 2.24) is 4.90 Å². The Hall–Kier alpha value is -1.75. The van der Waals surface area contributed by atoms with E-state index in [9.17, 15) is 15.0 Å². The summed E-state index contributed by atoms with van der Waals surface area (Å²) in [6, 6.07) is 4.00. The molecule has 0 bridgehead atoms. The summed E-state index contributed by atoms with van der Waals surface area (Å²) in [7, 11) is 0. The summed E-state index contributed by atoms with van der Waals surface area (Å²) in [5.41, 5.74) is 5.88. The molecule has 1 aromatic carbocycles. The molecule has 1 aliphatic rings. The van der Waals surface area contributed by atoms with Gasteiger partial charge in [0, 0.05) is 19.1 Å². The van der Waals surface area contributed by atoms with Gasteiger partial charge in [0.25, 0.3) is 5.91 Å². The summed E-state index contributed by atoms with van der Waals surface area (Å²) in [5.74, 6) is -0.395. The lowest BCUT2D eigenvalue weighted by Crippen LogP contribution is -2.44. The number of nitrogens with two attached hydrogens (primary N) is 1. The Kier molecular flexibility index (Phi) is 4.27. The van der Waals surface area contributed by atoms with Gasteiger partial charge in [-0.1, -0.05) is 12.8 Å². The lowest BCUT2D eigenvalue weighted by atomic mass is 10.1. The van der Waals surface area contributed by atoms with Crippen molar-refractivity contribution in [2.24, 2.45) is 5.73 Å². The van der Waals surface area contributed by atoms with E-state index in [1.165, 1.54) is 18.2 Å². The summed E-state index contributed by atoms with van der Waals surface area (Å²) in [6.45, 7) is 1.07. The Morgan fingerprint density at radius 1 is 1.32 bits per heavy atom. The lowest BCUT2D eigenvalue weighted by Gasteiger charge is -2.29. The summed E-state index contributed by atoms with van der Waals surface area (Å²) in [6.07, 6.45) is 3.99. The maximum atomic E-state index is 12.5. The molecule has 0 aromatic heterocycles. The topological polar surface area (TPSA) is 86.8 Å². The van der Waals surface area contributed by atoms with Gasteiger partial charge in [0.1, 0.15) is 11.5 Å². The van der Waals surface area contributed by atoms with Crippen molar-refractivity contribution in [2.75, 3.05) is 13.1 Å². The van der Waals surface area contributed by atoms with E-state index < -0.39 is 0 Å². The highest BCUT2D eigenvalue weighted by atomic mass is 16.3. The molecule has 1 aliphatic heterocycles. The molecule has 1 saturated heterocycles. The van der Waals surface area contributed by atoms with Crippen LogP contribution in [0.15, 0.2) is 18.2 Å². The second kappa shape index (κ2) is 5.93. The molecular formula is C14H20N2O3. The Morgan fingerprint density at radius 2 is 2.11 bits per heavy atom. The van der Waals surface area contributed by atoms with Gasteiger partial charge in [-0.15, -0.1) is 0 Å². The first-order chi connectivity index (χ1) is 9.13. The van der Waals surface area contributed by atoms with Crippen LogP contribution in [-0.2, 0) is 0 Å². The first-order valence-electron chi connectivity index (χ1n) is 6.66. The number of hydrogen-bond donors (Lipinski definition) is 3. The van der Waals surface area contributed by atoms with Crippen LogP contribution in [-0.4, -0.2) is 40.2 Å². The smallest absolute Gasteiger partial charge is 0.258 e. The highest BCUT2D eigenvalue weighted by molar-refractivity contribution is 5.97. The molecule has 1 heterocycles. The van der Waals surface area contributed by atoms with Crippen molar-refractivity contribution in [3.8, 4) is 11.5 Å². The van der Waals surface area contributed by atoms with Crippen LogP contribution in [0.25, 0.3) is 0 Å². The van der Waals surface area contributed by atoms with Gasteiger partial charge in [0.05, 0.1) is 5.56 Å². The summed E-state index contributed by atoms with van der Waals surface area (Å²) in [5, 5.41) is 19.2. The molecule has 0 saturated carbocycles. The van der Waals surface area contributed by atoms with E-state index in [1.54, 1.807) is 4.90 Å². The van der Waals surface area contributed by atoms with Crippen molar-refractivity contribution in [3.63, 3.8) is 0 Å². The van der Waals surface area contributed by atoms with Gasteiger partial charge in [-0.05, 0) is 31.0 Å². The number of hydrogen-bond acceptors (Lipinski definition) is 4. The Morgan fingerprint density at radius 3 is 2.84 bits per heavy atom. The van der Waals surface area contributed by atoms with E-state index >= 15 is 0 Å². The van der Waals surface area contributed by atoms with Crippen molar-refractivity contribution >= 4 is 5.91 Å². The van der Waals surface area contributed by atoms with Gasteiger partial charge < -0.3 is 20.8 Å². The van der Waals surface area contributed by atoms with Crippen molar-refractivity contribution in [3.05, 3.63) is 23.8 Å². The number of carbonyl (C=O) groups is 1. The van der Waals surface area contributed by atoms with Crippen molar-refractivity contribution in [1.29, 1.82) is 0 Å². The predicted molar refractivity (Wildman–Crippen MR) is 72.1 cm³/mol. The zero-order valence-electron chi connectivity index (χ0n) is 10.9. The van der Waals surface area contributed by atoms with Gasteiger partial charge >= 0.3 is 0 Å². The predicted octanol–water partition coefficient (Wildman–Crippen LogP) is 1.44. The molecule has 1 amide bonds. The summed E-state index contributed by atoms with van der Waals surface area (Å²) in [4.78, 5) is 14.2. The summed E-state index contributed by atoms with van der Waals surface area (Å²) >= 11 is 0. The number of phenolic OH excluding ortho intramolecular Hbond substituents is 2. The molecule has 1 aromatic rings. The fourth-order valence-electron chi connectivity index (χ4n) is 2.54. The third kappa shape index (κ3) is 2.98. The Balaban J connectivity index is 2.27. The Bertz CT molecular complexity index is 462. The number of nitrogens with zero attached hydrogens (tertiary/aromatic N) is 1. The largest absolute Gasteiger partial charge is 0.508 e. The van der Waals surface area contributed by atoms with Crippen LogP contribution in [0.1, 0.15) is 36.0 Å². The molecule has 19 heavy (non-hydrogen) atoms. The number of likely N-dealkylation sites (tertiary alicyclic amines) is 1. The fraction of sp³-hybridized carbons (Fsp3) is 0.500. The van der Waals surface area contributed by atoms with Crippen LogP contribution in [0.5, 0.6) is 11.5 Å². The third-order valence-corrected chi connectivity index (χ3v) is 3.62. The first-order valence-corrected chi connectivity index (χ1v) is 6.66. The highest BCUT2D eigenvalue weighted by Gasteiger charge is 2.27.